The molecule has 1 fully saturated rings. The third kappa shape index (κ3) is 3.80. The third-order valence-corrected chi connectivity index (χ3v) is 6.08. The van der Waals surface area contributed by atoms with Gasteiger partial charge in [-0.25, -0.2) is 13.2 Å². The van der Waals surface area contributed by atoms with E-state index in [0.717, 1.165) is 12.1 Å². The minimum Gasteiger partial charge on any atom is -0.462 e. The van der Waals surface area contributed by atoms with E-state index in [2.05, 4.69) is 5.32 Å². The number of nitrogens with one attached hydrogen (secondary N) is 1. The average molecular weight is 371 g/mol. The number of benzene rings is 1. The van der Waals surface area contributed by atoms with E-state index in [0.29, 0.717) is 13.1 Å². The van der Waals surface area contributed by atoms with E-state index in [9.17, 15) is 23.3 Å². The first kappa shape index (κ1) is 19.3. The number of carbonyl (C=O) groups excluding carboxylic acids is 1. The lowest BCUT2D eigenvalue weighted by molar-refractivity contribution is -0.385. The van der Waals surface area contributed by atoms with Crippen molar-refractivity contribution in [2.75, 3.05) is 26.2 Å². The molecule has 1 N–H and O–H groups in total. The Hall–Kier alpha value is -2.04. The number of hydrogen-bond donors (Lipinski definition) is 1. The number of nitro benzene ring substituents is 1. The number of nitrogens with zero attached hydrogens (tertiary/aromatic N) is 2. The second kappa shape index (κ2) is 7.46. The highest BCUT2D eigenvalue weighted by Gasteiger charge is 2.34. The Labute approximate surface area is 146 Å². The zero-order chi connectivity index (χ0) is 18.8. The number of hydrogen-bond acceptors (Lipinski definition) is 7. The van der Waals surface area contributed by atoms with Crippen molar-refractivity contribution < 1.29 is 22.9 Å². The summed E-state index contributed by atoms with van der Waals surface area (Å²) in [5, 5.41) is 14.4. The number of rotatable bonds is 5. The summed E-state index contributed by atoms with van der Waals surface area (Å²) < 4.78 is 32.1. The van der Waals surface area contributed by atoms with Crippen molar-refractivity contribution in [3.8, 4) is 0 Å². The van der Waals surface area contributed by atoms with Crippen molar-refractivity contribution in [2.45, 2.75) is 31.7 Å². The van der Waals surface area contributed by atoms with Crippen LogP contribution in [-0.2, 0) is 14.8 Å². The van der Waals surface area contributed by atoms with Gasteiger partial charge >= 0.3 is 5.97 Å². The molecule has 1 aliphatic rings. The van der Waals surface area contributed by atoms with Crippen LogP contribution in [0.25, 0.3) is 0 Å². The van der Waals surface area contributed by atoms with Gasteiger partial charge in [-0.2, -0.15) is 4.31 Å². The third-order valence-electron chi connectivity index (χ3n) is 4.09. The molecule has 1 aliphatic heterocycles. The quantitative estimate of drug-likeness (QED) is 0.467. The van der Waals surface area contributed by atoms with E-state index in [4.69, 9.17) is 4.74 Å². The lowest BCUT2D eigenvalue weighted by Gasteiger charge is -2.32. The van der Waals surface area contributed by atoms with Gasteiger partial charge in [0.25, 0.3) is 5.69 Å². The van der Waals surface area contributed by atoms with Gasteiger partial charge in [0.1, 0.15) is 0 Å². The molecule has 1 saturated heterocycles. The molecule has 1 unspecified atom stereocenters. The Kier molecular flexibility index (Phi) is 5.76. The summed E-state index contributed by atoms with van der Waals surface area (Å²) in [7, 11) is -3.97. The highest BCUT2D eigenvalue weighted by molar-refractivity contribution is 7.89. The second-order valence-corrected chi connectivity index (χ2v) is 7.65. The van der Waals surface area contributed by atoms with E-state index in [-0.39, 0.29) is 35.2 Å². The summed E-state index contributed by atoms with van der Waals surface area (Å²) in [4.78, 5) is 22.4. The molecule has 2 rings (SSSR count). The van der Waals surface area contributed by atoms with E-state index in [1.807, 2.05) is 0 Å². The van der Waals surface area contributed by atoms with E-state index in [1.165, 1.54) is 11.2 Å². The summed E-state index contributed by atoms with van der Waals surface area (Å²) in [6.45, 7) is 6.05. The number of piperazine rings is 1. The highest BCUT2D eigenvalue weighted by atomic mass is 32.2. The van der Waals surface area contributed by atoms with Gasteiger partial charge in [-0.3, -0.25) is 10.1 Å². The molecule has 10 heteroatoms. The van der Waals surface area contributed by atoms with Crippen LogP contribution in [0.1, 0.15) is 29.8 Å². The first-order chi connectivity index (χ1) is 11.7. The van der Waals surface area contributed by atoms with Crippen LogP contribution in [0.5, 0.6) is 0 Å². The van der Waals surface area contributed by atoms with Crippen molar-refractivity contribution in [1.82, 2.24) is 9.62 Å². The second-order valence-electron chi connectivity index (χ2n) is 5.76. The van der Waals surface area contributed by atoms with Gasteiger partial charge in [0.05, 0.1) is 22.0 Å². The zero-order valence-corrected chi connectivity index (χ0v) is 15.1. The summed E-state index contributed by atoms with van der Waals surface area (Å²) in [6.07, 6.45) is 0. The molecule has 0 amide bonds. The summed E-state index contributed by atoms with van der Waals surface area (Å²) >= 11 is 0. The van der Waals surface area contributed by atoms with Crippen LogP contribution in [0.15, 0.2) is 17.0 Å². The minimum absolute atomic E-state index is 0.0794. The fourth-order valence-corrected chi connectivity index (χ4v) is 4.43. The summed E-state index contributed by atoms with van der Waals surface area (Å²) in [5.74, 6) is -0.784. The van der Waals surface area contributed by atoms with Crippen molar-refractivity contribution in [3.63, 3.8) is 0 Å². The normalized spacial score (nSPS) is 18.8. The summed E-state index contributed by atoms with van der Waals surface area (Å²) in [5.41, 5.74) is -0.458. The number of esters is 1. The van der Waals surface area contributed by atoms with Gasteiger partial charge in [0.15, 0.2) is 0 Å². The van der Waals surface area contributed by atoms with Gasteiger partial charge < -0.3 is 10.1 Å². The lowest BCUT2D eigenvalue weighted by atomic mass is 10.1. The van der Waals surface area contributed by atoms with Crippen molar-refractivity contribution >= 4 is 21.7 Å². The first-order valence-corrected chi connectivity index (χ1v) is 9.32. The molecule has 0 spiro atoms. The Bertz CT molecular complexity index is 793. The standard InChI is InChI=1S/C15H21N3O6S/c1-4-24-15(19)13-7-12(8-14(11(13)3)18(20)21)25(22,23)17-6-5-16-9-10(17)2/h7-8,10,16H,4-6,9H2,1-3H3. The van der Waals surface area contributed by atoms with Crippen LogP contribution < -0.4 is 5.32 Å². The van der Waals surface area contributed by atoms with Crippen LogP contribution in [0.2, 0.25) is 0 Å². The number of ether oxygens (including phenoxy) is 1. The van der Waals surface area contributed by atoms with Gasteiger partial charge in [0, 0.05) is 37.3 Å². The van der Waals surface area contributed by atoms with Gasteiger partial charge in [0.2, 0.25) is 10.0 Å². The molecule has 25 heavy (non-hydrogen) atoms. The van der Waals surface area contributed by atoms with Crippen LogP contribution in [0, 0.1) is 17.0 Å². The van der Waals surface area contributed by atoms with Gasteiger partial charge in [-0.1, -0.05) is 0 Å². The molecule has 0 radical (unpaired) electrons. The van der Waals surface area contributed by atoms with Crippen molar-refractivity contribution in [3.05, 3.63) is 33.4 Å². The molecule has 1 heterocycles. The Morgan fingerprint density at radius 2 is 2.16 bits per heavy atom. The van der Waals surface area contributed by atoms with Crippen LogP contribution in [0.3, 0.4) is 0 Å². The largest absolute Gasteiger partial charge is 0.462 e. The Morgan fingerprint density at radius 3 is 2.72 bits per heavy atom. The first-order valence-electron chi connectivity index (χ1n) is 7.88. The molecule has 0 saturated carbocycles. The Balaban J connectivity index is 2.60. The number of carbonyl (C=O) groups is 1. The SMILES string of the molecule is CCOC(=O)c1cc(S(=O)(=O)N2CCNCC2C)cc([N+](=O)[O-])c1C. The van der Waals surface area contributed by atoms with Crippen molar-refractivity contribution in [2.24, 2.45) is 0 Å². The average Bonchev–Trinajstić information content (AvgIpc) is 2.54. The molecule has 0 bridgehead atoms. The van der Waals surface area contributed by atoms with Gasteiger partial charge in [-0.15, -0.1) is 0 Å². The fourth-order valence-electron chi connectivity index (χ4n) is 2.75. The van der Waals surface area contributed by atoms with Crippen LogP contribution in [-0.4, -0.2) is 55.9 Å². The number of nitro groups is 1. The summed E-state index contributed by atoms with van der Waals surface area (Å²) in [6, 6.07) is 1.86. The molecule has 1 aromatic rings. The molecule has 138 valence electrons. The van der Waals surface area contributed by atoms with Gasteiger partial charge in [-0.05, 0) is 26.8 Å². The smallest absolute Gasteiger partial charge is 0.338 e. The maximum absolute atomic E-state index is 12.9. The molecule has 0 aliphatic carbocycles. The molecular weight excluding hydrogens is 350 g/mol. The topological polar surface area (TPSA) is 119 Å². The van der Waals surface area contributed by atoms with Crippen LogP contribution in [0.4, 0.5) is 5.69 Å². The lowest BCUT2D eigenvalue weighted by Crippen LogP contribution is -2.52. The Morgan fingerprint density at radius 1 is 1.48 bits per heavy atom. The van der Waals surface area contributed by atoms with Crippen LogP contribution >= 0.6 is 0 Å². The maximum atomic E-state index is 12.9. The van der Waals surface area contributed by atoms with E-state index >= 15 is 0 Å². The predicted molar refractivity (Wildman–Crippen MR) is 90.0 cm³/mol. The maximum Gasteiger partial charge on any atom is 0.338 e. The molecule has 9 nitrogen and oxygen atoms in total. The zero-order valence-electron chi connectivity index (χ0n) is 14.3. The number of sulfonamides is 1. The molecular formula is C15H21N3O6S. The van der Waals surface area contributed by atoms with E-state index < -0.39 is 26.6 Å². The van der Waals surface area contributed by atoms with E-state index in [1.54, 1.807) is 13.8 Å². The molecule has 1 atom stereocenters. The highest BCUT2D eigenvalue weighted by Crippen LogP contribution is 2.29. The molecule has 0 aromatic heterocycles. The van der Waals surface area contributed by atoms with Crippen molar-refractivity contribution in [1.29, 1.82) is 0 Å². The monoisotopic (exact) mass is 371 g/mol. The minimum atomic E-state index is -3.97. The fraction of sp³-hybridized carbons (Fsp3) is 0.533. The predicted octanol–water partition coefficient (Wildman–Crippen LogP) is 1.06. The molecule has 1 aromatic carbocycles.